The first-order valence-electron chi connectivity index (χ1n) is 10.5. The van der Waals surface area contributed by atoms with Crippen molar-refractivity contribution < 1.29 is 9.53 Å². The van der Waals surface area contributed by atoms with E-state index in [2.05, 4.69) is 20.2 Å². The van der Waals surface area contributed by atoms with Crippen LogP contribution in [0, 0.1) is 18.8 Å². The van der Waals surface area contributed by atoms with E-state index < -0.39 is 0 Å². The van der Waals surface area contributed by atoms with Gasteiger partial charge in [-0.3, -0.25) is 4.79 Å². The fraction of sp³-hybridized carbons (Fsp3) is 0.750. The predicted octanol–water partition coefficient (Wildman–Crippen LogP) is 1.13. The summed E-state index contributed by atoms with van der Waals surface area (Å²) in [5, 5.41) is 3.29. The van der Waals surface area contributed by atoms with E-state index in [-0.39, 0.29) is 18.6 Å². The Morgan fingerprint density at radius 3 is 2.68 bits per heavy atom. The van der Waals surface area contributed by atoms with E-state index in [9.17, 15) is 4.79 Å². The van der Waals surface area contributed by atoms with Crippen molar-refractivity contribution in [3.63, 3.8) is 0 Å². The lowest BCUT2D eigenvalue weighted by molar-refractivity contribution is -0.149. The minimum atomic E-state index is -0.0387. The molecule has 1 aromatic rings. The minimum absolute atomic E-state index is 0.0387. The van der Waals surface area contributed by atoms with Gasteiger partial charge in [-0.15, -0.1) is 0 Å². The molecule has 28 heavy (non-hydrogen) atoms. The number of amides is 1. The zero-order chi connectivity index (χ0) is 19.5. The predicted molar refractivity (Wildman–Crippen MR) is 108 cm³/mol. The van der Waals surface area contributed by atoms with Crippen molar-refractivity contribution in [1.82, 2.24) is 19.8 Å². The van der Waals surface area contributed by atoms with Crippen molar-refractivity contribution >= 4 is 17.5 Å². The molecule has 3 N–H and O–H groups in total. The van der Waals surface area contributed by atoms with Crippen LogP contribution >= 0.6 is 0 Å². The highest BCUT2D eigenvalue weighted by atomic mass is 16.5. The Balaban J connectivity index is 1.24. The molecule has 1 amide bonds. The number of morpholine rings is 1. The SMILES string of the molecule is Cc1c(N)ncnc1NCC1CN(CC2CCN(CC3CC3)CC2)C(=O)CO1. The Bertz CT molecular complexity index is 687. The zero-order valence-electron chi connectivity index (χ0n) is 16.8. The van der Waals surface area contributed by atoms with Crippen molar-refractivity contribution in [2.75, 3.05) is 56.9 Å². The highest BCUT2D eigenvalue weighted by Gasteiger charge is 2.31. The number of hydrogen-bond acceptors (Lipinski definition) is 7. The summed E-state index contributed by atoms with van der Waals surface area (Å²) in [6, 6.07) is 0. The van der Waals surface area contributed by atoms with Crippen LogP contribution in [0.3, 0.4) is 0 Å². The Kier molecular flexibility index (Phi) is 5.96. The van der Waals surface area contributed by atoms with Crippen LogP contribution in [0.15, 0.2) is 6.33 Å². The molecule has 0 radical (unpaired) electrons. The molecule has 0 aromatic carbocycles. The lowest BCUT2D eigenvalue weighted by atomic mass is 9.95. The van der Waals surface area contributed by atoms with Crippen LogP contribution in [0.25, 0.3) is 0 Å². The molecular formula is C20H32N6O2. The van der Waals surface area contributed by atoms with E-state index >= 15 is 0 Å². The van der Waals surface area contributed by atoms with Gasteiger partial charge in [0.15, 0.2) is 0 Å². The molecule has 8 heteroatoms. The average molecular weight is 389 g/mol. The number of ether oxygens (including phenoxy) is 1. The molecule has 3 aliphatic rings. The second kappa shape index (κ2) is 8.61. The number of nitrogens with one attached hydrogen (secondary N) is 1. The summed E-state index contributed by atoms with van der Waals surface area (Å²) < 4.78 is 5.73. The molecule has 8 nitrogen and oxygen atoms in total. The maximum absolute atomic E-state index is 12.3. The Morgan fingerprint density at radius 2 is 1.93 bits per heavy atom. The van der Waals surface area contributed by atoms with Gasteiger partial charge in [-0.1, -0.05) is 0 Å². The molecule has 2 aliphatic heterocycles. The number of anilines is 2. The van der Waals surface area contributed by atoms with Crippen LogP contribution in [-0.4, -0.2) is 77.7 Å². The smallest absolute Gasteiger partial charge is 0.248 e. The molecule has 1 aromatic heterocycles. The topological polar surface area (TPSA) is 96.6 Å². The molecule has 2 saturated heterocycles. The van der Waals surface area contributed by atoms with E-state index in [0.29, 0.717) is 24.8 Å². The molecule has 4 rings (SSSR count). The molecule has 1 atom stereocenters. The normalized spacial score (nSPS) is 24.5. The van der Waals surface area contributed by atoms with Crippen molar-refractivity contribution in [2.45, 2.75) is 38.7 Å². The monoisotopic (exact) mass is 388 g/mol. The van der Waals surface area contributed by atoms with Crippen molar-refractivity contribution in [1.29, 1.82) is 0 Å². The first-order valence-corrected chi connectivity index (χ1v) is 10.5. The van der Waals surface area contributed by atoms with Gasteiger partial charge in [0.2, 0.25) is 5.91 Å². The number of rotatable bonds is 7. The standard InChI is InChI=1S/C20H32N6O2/c1-14-19(21)23-13-24-20(14)22-8-17-11-26(18(27)12-28-17)10-16-4-6-25(7-5-16)9-15-2-3-15/h13,15-17H,2-12H2,1H3,(H3,21,22,23,24). The number of carbonyl (C=O) groups is 1. The summed E-state index contributed by atoms with van der Waals surface area (Å²) in [5.41, 5.74) is 6.67. The second-order valence-electron chi connectivity index (χ2n) is 8.53. The number of nitrogens with zero attached hydrogens (tertiary/aromatic N) is 4. The van der Waals surface area contributed by atoms with Crippen LogP contribution in [0.4, 0.5) is 11.6 Å². The van der Waals surface area contributed by atoms with Gasteiger partial charge in [0.1, 0.15) is 24.6 Å². The van der Waals surface area contributed by atoms with Gasteiger partial charge < -0.3 is 25.6 Å². The van der Waals surface area contributed by atoms with Crippen LogP contribution in [0.1, 0.15) is 31.2 Å². The van der Waals surface area contributed by atoms with Crippen molar-refractivity contribution in [3.05, 3.63) is 11.9 Å². The number of likely N-dealkylation sites (tertiary alicyclic amines) is 1. The third-order valence-electron chi connectivity index (χ3n) is 6.24. The van der Waals surface area contributed by atoms with Crippen LogP contribution in [-0.2, 0) is 9.53 Å². The molecule has 1 aliphatic carbocycles. The number of hydrogen-bond donors (Lipinski definition) is 2. The molecule has 3 heterocycles. The summed E-state index contributed by atoms with van der Waals surface area (Å²) in [4.78, 5) is 25.2. The van der Waals surface area contributed by atoms with Gasteiger partial charge in [0, 0.05) is 31.7 Å². The minimum Gasteiger partial charge on any atom is -0.383 e. The molecule has 0 spiro atoms. The highest BCUT2D eigenvalue weighted by Crippen LogP contribution is 2.31. The average Bonchev–Trinajstić information content (AvgIpc) is 3.51. The van der Waals surface area contributed by atoms with E-state index in [1.54, 1.807) is 0 Å². The highest BCUT2D eigenvalue weighted by molar-refractivity contribution is 5.78. The lowest BCUT2D eigenvalue weighted by Crippen LogP contribution is -2.51. The first-order chi connectivity index (χ1) is 13.6. The van der Waals surface area contributed by atoms with Gasteiger partial charge in [-0.2, -0.15) is 0 Å². The number of carbonyl (C=O) groups excluding carboxylic acids is 1. The Morgan fingerprint density at radius 1 is 1.18 bits per heavy atom. The molecular weight excluding hydrogens is 356 g/mol. The van der Waals surface area contributed by atoms with Crippen LogP contribution < -0.4 is 11.1 Å². The fourth-order valence-corrected chi connectivity index (χ4v) is 4.16. The summed E-state index contributed by atoms with van der Waals surface area (Å²) in [6.45, 7) is 7.79. The third-order valence-corrected chi connectivity index (χ3v) is 6.24. The lowest BCUT2D eigenvalue weighted by Gasteiger charge is -2.38. The Hall–Kier alpha value is -1.93. The largest absolute Gasteiger partial charge is 0.383 e. The van der Waals surface area contributed by atoms with Crippen LogP contribution in [0.5, 0.6) is 0 Å². The van der Waals surface area contributed by atoms with Gasteiger partial charge in [0.05, 0.1) is 6.10 Å². The maximum atomic E-state index is 12.3. The number of piperidine rings is 1. The molecule has 154 valence electrons. The molecule has 1 unspecified atom stereocenters. The quantitative estimate of drug-likeness (QED) is 0.723. The van der Waals surface area contributed by atoms with Crippen molar-refractivity contribution in [2.24, 2.45) is 11.8 Å². The van der Waals surface area contributed by atoms with Crippen LogP contribution in [0.2, 0.25) is 0 Å². The maximum Gasteiger partial charge on any atom is 0.248 e. The zero-order valence-corrected chi connectivity index (χ0v) is 16.8. The molecule has 3 fully saturated rings. The summed E-state index contributed by atoms with van der Waals surface area (Å²) in [7, 11) is 0. The Labute approximate surface area is 166 Å². The third kappa shape index (κ3) is 4.91. The molecule has 0 bridgehead atoms. The van der Waals surface area contributed by atoms with Gasteiger partial charge in [-0.05, 0) is 57.5 Å². The number of aromatic nitrogens is 2. The van der Waals surface area contributed by atoms with Gasteiger partial charge in [-0.25, -0.2) is 9.97 Å². The van der Waals surface area contributed by atoms with Gasteiger partial charge >= 0.3 is 0 Å². The van der Waals surface area contributed by atoms with Crippen molar-refractivity contribution in [3.8, 4) is 0 Å². The number of nitrogen functional groups attached to an aromatic ring is 1. The summed E-state index contributed by atoms with van der Waals surface area (Å²) >= 11 is 0. The molecule has 1 saturated carbocycles. The van der Waals surface area contributed by atoms with E-state index in [0.717, 1.165) is 23.8 Å². The first kappa shape index (κ1) is 19.4. The number of nitrogens with two attached hydrogens (primary N) is 1. The fourth-order valence-electron chi connectivity index (χ4n) is 4.16. The van der Waals surface area contributed by atoms with E-state index in [1.165, 1.54) is 51.6 Å². The van der Waals surface area contributed by atoms with E-state index in [4.69, 9.17) is 10.5 Å². The van der Waals surface area contributed by atoms with Gasteiger partial charge in [0.25, 0.3) is 0 Å². The second-order valence-corrected chi connectivity index (χ2v) is 8.53. The summed E-state index contributed by atoms with van der Waals surface area (Å²) in [5.74, 6) is 2.88. The summed E-state index contributed by atoms with van der Waals surface area (Å²) in [6.07, 6.45) is 6.64. The van der Waals surface area contributed by atoms with E-state index in [1.807, 2.05) is 11.8 Å².